The number of carbonyl (C=O) groups is 2. The average Bonchev–Trinajstić information content (AvgIpc) is 3.33. The lowest BCUT2D eigenvalue weighted by Crippen LogP contribution is -2.40. The predicted molar refractivity (Wildman–Crippen MR) is 118 cm³/mol. The van der Waals surface area contributed by atoms with E-state index in [1.165, 1.54) is 0 Å². The lowest BCUT2D eigenvalue weighted by atomic mass is 9.95. The highest BCUT2D eigenvalue weighted by atomic mass is 35.5. The molecule has 1 N–H and O–H groups in total. The second-order valence-corrected chi connectivity index (χ2v) is 8.45. The van der Waals surface area contributed by atoms with Crippen LogP contribution in [0.25, 0.3) is 0 Å². The molecule has 2 saturated heterocycles. The zero-order chi connectivity index (χ0) is 20.9. The van der Waals surface area contributed by atoms with Crippen LogP contribution in [0.5, 0.6) is 0 Å². The molecule has 158 valence electrons. The molecule has 6 nitrogen and oxygen atoms in total. The van der Waals surface area contributed by atoms with E-state index in [2.05, 4.69) is 15.2 Å². The predicted octanol–water partition coefficient (Wildman–Crippen LogP) is 3.50. The van der Waals surface area contributed by atoms with Crippen LogP contribution in [0.3, 0.4) is 0 Å². The zero-order valence-electron chi connectivity index (χ0n) is 17.0. The van der Waals surface area contributed by atoms with Gasteiger partial charge in [0.15, 0.2) is 0 Å². The number of anilines is 1. The molecule has 2 amide bonds. The highest BCUT2D eigenvalue weighted by molar-refractivity contribution is 6.30. The Morgan fingerprint density at radius 2 is 1.83 bits per heavy atom. The number of nitrogens with one attached hydrogen (secondary N) is 1. The first-order chi connectivity index (χ1) is 14.6. The number of benzene rings is 1. The van der Waals surface area contributed by atoms with Crippen molar-refractivity contribution in [3.8, 4) is 0 Å². The van der Waals surface area contributed by atoms with Crippen molar-refractivity contribution in [2.45, 2.75) is 32.2 Å². The highest BCUT2D eigenvalue weighted by Gasteiger charge is 2.25. The molecule has 30 heavy (non-hydrogen) atoms. The maximum absolute atomic E-state index is 12.6. The summed E-state index contributed by atoms with van der Waals surface area (Å²) in [4.78, 5) is 33.7. The van der Waals surface area contributed by atoms with Crippen molar-refractivity contribution in [2.24, 2.45) is 5.92 Å². The normalized spacial score (nSPS) is 17.2. The molecule has 0 spiro atoms. The van der Waals surface area contributed by atoms with Crippen molar-refractivity contribution in [1.29, 1.82) is 0 Å². The first-order valence-electron chi connectivity index (χ1n) is 10.6. The molecule has 0 radical (unpaired) electrons. The Balaban J connectivity index is 1.27. The Labute approximate surface area is 182 Å². The summed E-state index contributed by atoms with van der Waals surface area (Å²) in [5.41, 5.74) is 1.66. The van der Waals surface area contributed by atoms with Gasteiger partial charge in [-0.2, -0.15) is 0 Å². The van der Waals surface area contributed by atoms with E-state index in [4.69, 9.17) is 11.6 Å². The summed E-state index contributed by atoms with van der Waals surface area (Å²) in [6.07, 6.45) is 5.40. The van der Waals surface area contributed by atoms with Crippen molar-refractivity contribution in [3.63, 3.8) is 0 Å². The number of aromatic nitrogens is 1. The molecular weight excluding hydrogens is 400 g/mol. The van der Waals surface area contributed by atoms with E-state index < -0.39 is 0 Å². The number of likely N-dealkylation sites (tertiary alicyclic amines) is 1. The fourth-order valence-electron chi connectivity index (χ4n) is 4.18. The Hall–Kier alpha value is -2.60. The molecule has 0 unspecified atom stereocenters. The molecule has 3 heterocycles. The molecule has 2 aliphatic heterocycles. The second-order valence-electron chi connectivity index (χ2n) is 8.01. The monoisotopic (exact) mass is 426 g/mol. The standard InChI is InChI=1S/C23H27ClN4O2/c24-20-6-7-21(25-16-20)27-12-8-18(9-13-27)22(29)26-15-17-4-3-5-19(14-17)23(30)28-10-1-2-11-28/h3-7,14,16,18H,1-2,8-13,15H2,(H,26,29). The van der Waals surface area contributed by atoms with Crippen molar-refractivity contribution < 1.29 is 9.59 Å². The van der Waals surface area contributed by atoms with Gasteiger partial charge in [0.1, 0.15) is 5.82 Å². The molecule has 0 saturated carbocycles. The number of hydrogen-bond donors (Lipinski definition) is 1. The van der Waals surface area contributed by atoms with Crippen LogP contribution in [0.1, 0.15) is 41.6 Å². The maximum atomic E-state index is 12.6. The quantitative estimate of drug-likeness (QED) is 0.794. The fourth-order valence-corrected chi connectivity index (χ4v) is 4.29. The number of halogens is 1. The van der Waals surface area contributed by atoms with Gasteiger partial charge in [0, 0.05) is 50.4 Å². The third-order valence-corrected chi connectivity index (χ3v) is 6.16. The molecule has 0 bridgehead atoms. The van der Waals surface area contributed by atoms with E-state index in [9.17, 15) is 9.59 Å². The van der Waals surface area contributed by atoms with Gasteiger partial charge in [0.25, 0.3) is 5.91 Å². The summed E-state index contributed by atoms with van der Waals surface area (Å²) in [6.45, 7) is 3.71. The number of hydrogen-bond acceptors (Lipinski definition) is 4. The lowest BCUT2D eigenvalue weighted by Gasteiger charge is -2.32. The van der Waals surface area contributed by atoms with Crippen LogP contribution in [0.2, 0.25) is 5.02 Å². The van der Waals surface area contributed by atoms with Crippen LogP contribution < -0.4 is 10.2 Å². The first-order valence-corrected chi connectivity index (χ1v) is 11.0. The van der Waals surface area contributed by atoms with Gasteiger partial charge in [-0.15, -0.1) is 0 Å². The van der Waals surface area contributed by atoms with Gasteiger partial charge in [0.2, 0.25) is 5.91 Å². The van der Waals surface area contributed by atoms with Gasteiger partial charge in [-0.05, 0) is 55.5 Å². The van der Waals surface area contributed by atoms with E-state index in [0.717, 1.165) is 63.2 Å². The van der Waals surface area contributed by atoms with Crippen LogP contribution in [0, 0.1) is 5.92 Å². The van der Waals surface area contributed by atoms with Gasteiger partial charge < -0.3 is 15.1 Å². The minimum absolute atomic E-state index is 0.00275. The zero-order valence-corrected chi connectivity index (χ0v) is 17.8. The number of piperidine rings is 1. The molecule has 2 aliphatic rings. The number of rotatable bonds is 5. The number of amides is 2. The summed E-state index contributed by atoms with van der Waals surface area (Å²) in [7, 11) is 0. The summed E-state index contributed by atoms with van der Waals surface area (Å²) in [6, 6.07) is 11.4. The van der Waals surface area contributed by atoms with Gasteiger partial charge in [-0.1, -0.05) is 23.7 Å². The van der Waals surface area contributed by atoms with Crippen LogP contribution in [0.4, 0.5) is 5.82 Å². The Bertz CT molecular complexity index is 888. The smallest absolute Gasteiger partial charge is 0.253 e. The Morgan fingerprint density at radius 3 is 2.53 bits per heavy atom. The number of carbonyl (C=O) groups excluding carboxylic acids is 2. The molecule has 2 aromatic rings. The second kappa shape index (κ2) is 9.47. The van der Waals surface area contributed by atoms with E-state index in [1.54, 1.807) is 6.20 Å². The molecule has 0 aliphatic carbocycles. The summed E-state index contributed by atoms with van der Waals surface area (Å²) < 4.78 is 0. The summed E-state index contributed by atoms with van der Waals surface area (Å²) in [5.74, 6) is 1.07. The minimum Gasteiger partial charge on any atom is -0.357 e. The molecule has 0 atom stereocenters. The number of pyridine rings is 1. The SMILES string of the molecule is O=C(NCc1cccc(C(=O)N2CCCC2)c1)C1CCN(c2ccc(Cl)cn2)CC1. The van der Waals surface area contributed by atoms with Crippen LogP contribution in [0.15, 0.2) is 42.6 Å². The first kappa shape index (κ1) is 20.7. The van der Waals surface area contributed by atoms with E-state index >= 15 is 0 Å². The Morgan fingerprint density at radius 1 is 1.07 bits per heavy atom. The third kappa shape index (κ3) is 4.93. The number of nitrogens with zero attached hydrogens (tertiary/aromatic N) is 3. The molecule has 1 aromatic carbocycles. The van der Waals surface area contributed by atoms with E-state index in [0.29, 0.717) is 17.1 Å². The van der Waals surface area contributed by atoms with Crippen LogP contribution in [-0.4, -0.2) is 47.9 Å². The van der Waals surface area contributed by atoms with Gasteiger partial charge in [-0.25, -0.2) is 4.98 Å². The molecule has 1 aromatic heterocycles. The third-order valence-electron chi connectivity index (χ3n) is 5.94. The molecule has 2 fully saturated rings. The summed E-state index contributed by atoms with van der Waals surface area (Å²) in [5, 5.41) is 3.68. The van der Waals surface area contributed by atoms with Crippen molar-refractivity contribution in [1.82, 2.24) is 15.2 Å². The molecular formula is C23H27ClN4O2. The van der Waals surface area contributed by atoms with Gasteiger partial charge in [-0.3, -0.25) is 9.59 Å². The topological polar surface area (TPSA) is 65.5 Å². The van der Waals surface area contributed by atoms with Crippen LogP contribution >= 0.6 is 11.6 Å². The maximum Gasteiger partial charge on any atom is 0.253 e. The van der Waals surface area contributed by atoms with Crippen LogP contribution in [-0.2, 0) is 11.3 Å². The Kier molecular flexibility index (Phi) is 6.53. The summed E-state index contributed by atoms with van der Waals surface area (Å²) >= 11 is 5.91. The lowest BCUT2D eigenvalue weighted by molar-refractivity contribution is -0.125. The van der Waals surface area contributed by atoms with Crippen molar-refractivity contribution in [3.05, 3.63) is 58.7 Å². The largest absolute Gasteiger partial charge is 0.357 e. The van der Waals surface area contributed by atoms with Gasteiger partial charge >= 0.3 is 0 Å². The average molecular weight is 427 g/mol. The molecule has 7 heteroatoms. The minimum atomic E-state index is 0.00275. The highest BCUT2D eigenvalue weighted by Crippen LogP contribution is 2.23. The fraction of sp³-hybridized carbons (Fsp3) is 0.435. The van der Waals surface area contributed by atoms with E-state index in [-0.39, 0.29) is 17.7 Å². The molecule has 4 rings (SSSR count). The van der Waals surface area contributed by atoms with Gasteiger partial charge in [0.05, 0.1) is 5.02 Å². The van der Waals surface area contributed by atoms with Crippen molar-refractivity contribution in [2.75, 3.05) is 31.1 Å². The van der Waals surface area contributed by atoms with Crippen molar-refractivity contribution >= 4 is 29.2 Å². The van der Waals surface area contributed by atoms with E-state index in [1.807, 2.05) is 41.3 Å².